The number of hydrogen-bond donors (Lipinski definition) is 1. The van der Waals surface area contributed by atoms with Gasteiger partial charge < -0.3 is 14.7 Å². The minimum atomic E-state index is -0.309. The highest BCUT2D eigenvalue weighted by atomic mass is 16.5. The molecule has 0 aliphatic rings. The van der Waals surface area contributed by atoms with E-state index in [9.17, 15) is 5.11 Å². The van der Waals surface area contributed by atoms with Crippen LogP contribution in [0.4, 0.5) is 0 Å². The van der Waals surface area contributed by atoms with Crippen LogP contribution in [0, 0.1) is 6.92 Å². The van der Waals surface area contributed by atoms with E-state index in [0.29, 0.717) is 6.42 Å². The van der Waals surface area contributed by atoms with Gasteiger partial charge in [-0.3, -0.25) is 0 Å². The summed E-state index contributed by atoms with van der Waals surface area (Å²) in [4.78, 5) is 2.33. The van der Waals surface area contributed by atoms with Gasteiger partial charge in [-0.15, -0.1) is 0 Å². The molecule has 0 saturated heterocycles. The SMILES string of the molecule is CCN(CC)CCC(O)Cc1cc(C)ccc1OC. The van der Waals surface area contributed by atoms with Crippen LogP contribution in [0.2, 0.25) is 0 Å². The van der Waals surface area contributed by atoms with E-state index in [1.807, 2.05) is 12.1 Å². The molecule has 0 aliphatic carbocycles. The van der Waals surface area contributed by atoms with Crippen molar-refractivity contribution in [1.29, 1.82) is 0 Å². The van der Waals surface area contributed by atoms with Crippen LogP contribution in [0.3, 0.4) is 0 Å². The lowest BCUT2D eigenvalue weighted by atomic mass is 10.0. The summed E-state index contributed by atoms with van der Waals surface area (Å²) < 4.78 is 5.35. The average molecular weight is 265 g/mol. The summed E-state index contributed by atoms with van der Waals surface area (Å²) in [6.45, 7) is 9.39. The molecule has 19 heavy (non-hydrogen) atoms. The van der Waals surface area contributed by atoms with Crippen LogP contribution >= 0.6 is 0 Å². The Hall–Kier alpha value is -1.06. The van der Waals surface area contributed by atoms with Crippen LogP contribution in [-0.2, 0) is 6.42 Å². The van der Waals surface area contributed by atoms with E-state index >= 15 is 0 Å². The second-order valence-corrected chi connectivity index (χ2v) is 4.99. The Labute approximate surface area is 117 Å². The summed E-state index contributed by atoms with van der Waals surface area (Å²) in [7, 11) is 1.68. The first-order valence-electron chi connectivity index (χ1n) is 7.14. The third-order valence-corrected chi connectivity index (χ3v) is 3.56. The predicted molar refractivity (Wildman–Crippen MR) is 79.8 cm³/mol. The van der Waals surface area contributed by atoms with Gasteiger partial charge in [0.2, 0.25) is 0 Å². The third-order valence-electron chi connectivity index (χ3n) is 3.56. The molecule has 3 heteroatoms. The van der Waals surface area contributed by atoms with Gasteiger partial charge in [-0.05, 0) is 38.1 Å². The minimum absolute atomic E-state index is 0.309. The van der Waals surface area contributed by atoms with Crippen LogP contribution in [0.15, 0.2) is 18.2 Å². The van der Waals surface area contributed by atoms with E-state index in [1.54, 1.807) is 7.11 Å². The zero-order valence-electron chi connectivity index (χ0n) is 12.6. The predicted octanol–water partition coefficient (Wildman–Crippen LogP) is 2.64. The number of hydrogen-bond acceptors (Lipinski definition) is 3. The highest BCUT2D eigenvalue weighted by Crippen LogP contribution is 2.21. The van der Waals surface area contributed by atoms with Crippen LogP contribution < -0.4 is 4.74 Å². The van der Waals surface area contributed by atoms with Crippen LogP contribution in [0.25, 0.3) is 0 Å². The Morgan fingerprint density at radius 2 is 1.95 bits per heavy atom. The first kappa shape index (κ1) is 16.0. The van der Waals surface area contributed by atoms with E-state index in [4.69, 9.17) is 4.74 Å². The van der Waals surface area contributed by atoms with Crippen molar-refractivity contribution in [3.63, 3.8) is 0 Å². The Balaban J connectivity index is 2.56. The van der Waals surface area contributed by atoms with Crippen molar-refractivity contribution >= 4 is 0 Å². The highest BCUT2D eigenvalue weighted by Gasteiger charge is 2.11. The van der Waals surface area contributed by atoms with Gasteiger partial charge in [0.05, 0.1) is 13.2 Å². The maximum atomic E-state index is 10.2. The molecule has 0 amide bonds. The summed E-state index contributed by atoms with van der Waals surface area (Å²) in [5.41, 5.74) is 2.29. The third kappa shape index (κ3) is 5.21. The van der Waals surface area contributed by atoms with Gasteiger partial charge in [0.1, 0.15) is 5.75 Å². The number of rotatable bonds is 8. The lowest BCUT2D eigenvalue weighted by molar-refractivity contribution is 0.143. The van der Waals surface area contributed by atoms with Gasteiger partial charge >= 0.3 is 0 Å². The zero-order chi connectivity index (χ0) is 14.3. The van der Waals surface area contributed by atoms with Gasteiger partial charge in [-0.1, -0.05) is 31.5 Å². The summed E-state index contributed by atoms with van der Waals surface area (Å²) >= 11 is 0. The Kier molecular flexibility index (Phi) is 6.89. The molecule has 1 atom stereocenters. The van der Waals surface area contributed by atoms with E-state index in [1.165, 1.54) is 5.56 Å². The second-order valence-electron chi connectivity index (χ2n) is 4.99. The largest absolute Gasteiger partial charge is 0.496 e. The molecular weight excluding hydrogens is 238 g/mol. The molecule has 3 nitrogen and oxygen atoms in total. The lowest BCUT2D eigenvalue weighted by Gasteiger charge is -2.20. The standard InChI is InChI=1S/C16H27NO2/c1-5-17(6-2)10-9-15(18)12-14-11-13(3)7-8-16(14)19-4/h7-8,11,15,18H,5-6,9-10,12H2,1-4H3. The molecule has 108 valence electrons. The molecule has 0 radical (unpaired) electrons. The topological polar surface area (TPSA) is 32.7 Å². The first-order valence-corrected chi connectivity index (χ1v) is 7.14. The van der Waals surface area contributed by atoms with Gasteiger partial charge in [0.25, 0.3) is 0 Å². The fourth-order valence-electron chi connectivity index (χ4n) is 2.29. The molecule has 1 N–H and O–H groups in total. The van der Waals surface area contributed by atoms with Crippen LogP contribution in [0.1, 0.15) is 31.4 Å². The van der Waals surface area contributed by atoms with Crippen molar-refractivity contribution in [2.24, 2.45) is 0 Å². The Bertz CT molecular complexity index is 375. The van der Waals surface area contributed by atoms with E-state index < -0.39 is 0 Å². The van der Waals surface area contributed by atoms with Crippen LogP contribution in [0.5, 0.6) is 5.75 Å². The van der Waals surface area contributed by atoms with Crippen molar-refractivity contribution < 1.29 is 9.84 Å². The number of benzene rings is 1. The number of aliphatic hydroxyl groups excluding tert-OH is 1. The molecule has 0 aromatic heterocycles. The highest BCUT2D eigenvalue weighted by molar-refractivity contribution is 5.37. The van der Waals surface area contributed by atoms with Gasteiger partial charge in [0, 0.05) is 13.0 Å². The molecule has 0 heterocycles. The quantitative estimate of drug-likeness (QED) is 0.784. The molecule has 0 aliphatic heterocycles. The summed E-state index contributed by atoms with van der Waals surface area (Å²) in [5, 5.41) is 10.2. The number of methoxy groups -OCH3 is 1. The van der Waals surface area contributed by atoms with Crippen molar-refractivity contribution in [2.45, 2.75) is 39.7 Å². The Morgan fingerprint density at radius 1 is 1.26 bits per heavy atom. The van der Waals surface area contributed by atoms with E-state index in [-0.39, 0.29) is 6.10 Å². The monoisotopic (exact) mass is 265 g/mol. The molecule has 0 fully saturated rings. The molecule has 1 aromatic carbocycles. The first-order chi connectivity index (χ1) is 9.10. The second kappa shape index (κ2) is 8.18. The van der Waals surface area contributed by atoms with Gasteiger partial charge in [-0.25, -0.2) is 0 Å². The van der Waals surface area contributed by atoms with Crippen molar-refractivity contribution in [3.05, 3.63) is 29.3 Å². The summed E-state index contributed by atoms with van der Waals surface area (Å²) in [5.74, 6) is 0.868. The van der Waals surface area contributed by atoms with E-state index in [2.05, 4.69) is 31.7 Å². The molecule has 0 bridgehead atoms. The summed E-state index contributed by atoms with van der Waals surface area (Å²) in [6.07, 6.45) is 1.15. The zero-order valence-corrected chi connectivity index (χ0v) is 12.6. The molecule has 0 saturated carbocycles. The number of nitrogens with zero attached hydrogens (tertiary/aromatic N) is 1. The lowest BCUT2D eigenvalue weighted by Crippen LogP contribution is -2.27. The molecule has 1 unspecified atom stereocenters. The molecular formula is C16H27NO2. The van der Waals surface area contributed by atoms with Gasteiger partial charge in [-0.2, -0.15) is 0 Å². The smallest absolute Gasteiger partial charge is 0.122 e. The summed E-state index contributed by atoms with van der Waals surface area (Å²) in [6, 6.07) is 6.10. The van der Waals surface area contributed by atoms with Crippen molar-refractivity contribution in [1.82, 2.24) is 4.90 Å². The normalized spacial score (nSPS) is 12.7. The fourth-order valence-corrected chi connectivity index (χ4v) is 2.29. The molecule has 0 spiro atoms. The van der Waals surface area contributed by atoms with Gasteiger partial charge in [0.15, 0.2) is 0 Å². The van der Waals surface area contributed by atoms with Crippen molar-refractivity contribution in [2.75, 3.05) is 26.7 Å². The Morgan fingerprint density at radius 3 is 2.53 bits per heavy atom. The van der Waals surface area contributed by atoms with Crippen molar-refractivity contribution in [3.8, 4) is 5.75 Å². The molecule has 1 aromatic rings. The number of ether oxygens (including phenoxy) is 1. The minimum Gasteiger partial charge on any atom is -0.496 e. The maximum absolute atomic E-state index is 10.2. The number of aryl methyl sites for hydroxylation is 1. The van der Waals surface area contributed by atoms with E-state index in [0.717, 1.165) is 37.4 Å². The number of aliphatic hydroxyl groups is 1. The average Bonchev–Trinajstić information content (AvgIpc) is 2.40. The maximum Gasteiger partial charge on any atom is 0.122 e. The van der Waals surface area contributed by atoms with Crippen LogP contribution in [-0.4, -0.2) is 42.9 Å². The fraction of sp³-hybridized carbons (Fsp3) is 0.625. The molecule has 1 rings (SSSR count).